The smallest absolute Gasteiger partial charge is 0.0932 e. The number of fused-ring (bicyclic) bond motifs is 3. The van der Waals surface area contributed by atoms with Crippen molar-refractivity contribution in [2.45, 2.75) is 44.3 Å². The van der Waals surface area contributed by atoms with Crippen LogP contribution < -0.4 is 0 Å². The van der Waals surface area contributed by atoms with E-state index in [1.165, 1.54) is 12.3 Å². The molecule has 2 aliphatic heterocycles. The van der Waals surface area contributed by atoms with Crippen molar-refractivity contribution in [2.75, 3.05) is 25.4 Å². The molecule has 2 atom stereocenters. The summed E-state index contributed by atoms with van der Waals surface area (Å²) in [6.07, 6.45) is 3.22. The maximum Gasteiger partial charge on any atom is 0.0932 e. The normalized spacial score (nSPS) is 27.3. The average molecular weight is 282 g/mol. The van der Waals surface area contributed by atoms with Gasteiger partial charge in [0.25, 0.3) is 0 Å². The number of ether oxygens (including phenoxy) is 1. The van der Waals surface area contributed by atoms with E-state index in [0.717, 1.165) is 30.5 Å². The number of thioether (sulfide) groups is 1. The second-order valence-corrected chi connectivity index (χ2v) is 7.28. The van der Waals surface area contributed by atoms with Crippen molar-refractivity contribution in [1.82, 2.24) is 19.9 Å². The first-order valence-electron chi connectivity index (χ1n) is 7.08. The van der Waals surface area contributed by atoms with Crippen molar-refractivity contribution >= 4 is 11.8 Å². The Morgan fingerprint density at radius 3 is 3.26 bits per heavy atom. The van der Waals surface area contributed by atoms with Crippen LogP contribution in [0.4, 0.5) is 0 Å². The van der Waals surface area contributed by atoms with Gasteiger partial charge in [-0.05, 0) is 11.7 Å². The van der Waals surface area contributed by atoms with Crippen molar-refractivity contribution in [3.8, 4) is 0 Å². The van der Waals surface area contributed by atoms with Gasteiger partial charge in [0.05, 0.1) is 30.6 Å². The van der Waals surface area contributed by atoms with Crippen LogP contribution in [0.1, 0.15) is 32.0 Å². The van der Waals surface area contributed by atoms with E-state index in [0.29, 0.717) is 12.6 Å². The van der Waals surface area contributed by atoms with Gasteiger partial charge in [-0.15, -0.1) is 5.10 Å². The molecule has 1 saturated heterocycles. The maximum atomic E-state index is 5.98. The summed E-state index contributed by atoms with van der Waals surface area (Å²) in [6, 6.07) is 0.389. The Kier molecular flexibility index (Phi) is 4.10. The minimum absolute atomic E-state index is 0.284. The molecular weight excluding hydrogens is 260 g/mol. The molecule has 1 fully saturated rings. The minimum atomic E-state index is 0.284. The van der Waals surface area contributed by atoms with Crippen molar-refractivity contribution in [3.05, 3.63) is 11.9 Å². The molecule has 106 valence electrons. The Bertz CT molecular complexity index is 423. The Balaban J connectivity index is 1.55. The summed E-state index contributed by atoms with van der Waals surface area (Å²) >= 11 is 2.03. The van der Waals surface area contributed by atoms with Gasteiger partial charge in [0.15, 0.2) is 0 Å². The van der Waals surface area contributed by atoms with Crippen LogP contribution >= 0.6 is 11.8 Å². The van der Waals surface area contributed by atoms with Crippen LogP contribution in [0.2, 0.25) is 0 Å². The highest BCUT2D eigenvalue weighted by molar-refractivity contribution is 7.99. The van der Waals surface area contributed by atoms with Gasteiger partial charge >= 0.3 is 0 Å². The summed E-state index contributed by atoms with van der Waals surface area (Å²) in [5.41, 5.74) is 1.12. The summed E-state index contributed by atoms with van der Waals surface area (Å²) in [5, 5.41) is 8.94. The van der Waals surface area contributed by atoms with E-state index in [2.05, 4.69) is 33.7 Å². The number of piperidine rings is 1. The molecule has 0 bridgehead atoms. The molecule has 6 heteroatoms. The number of nitrogens with zero attached hydrogens (tertiary/aromatic N) is 4. The van der Waals surface area contributed by atoms with Gasteiger partial charge in [0.2, 0.25) is 0 Å². The molecule has 0 unspecified atom stereocenters. The van der Waals surface area contributed by atoms with E-state index < -0.39 is 0 Å². The summed E-state index contributed by atoms with van der Waals surface area (Å²) in [5.74, 6) is 1.21. The van der Waals surface area contributed by atoms with Gasteiger partial charge in [0, 0.05) is 25.4 Å². The SMILES string of the molecule is CC(C)SCCN1CC[C@H]2[C@H](C1)OCc1cnnn12. The molecule has 0 aliphatic carbocycles. The third kappa shape index (κ3) is 2.95. The number of hydrogen-bond acceptors (Lipinski definition) is 5. The molecule has 0 radical (unpaired) electrons. The number of rotatable bonds is 4. The zero-order valence-electron chi connectivity index (χ0n) is 11.7. The molecule has 0 aromatic carbocycles. The fourth-order valence-corrected chi connectivity index (χ4v) is 3.71. The molecule has 0 saturated carbocycles. The highest BCUT2D eigenvalue weighted by Gasteiger charge is 2.35. The zero-order chi connectivity index (χ0) is 13.2. The van der Waals surface area contributed by atoms with Gasteiger partial charge in [0.1, 0.15) is 0 Å². The van der Waals surface area contributed by atoms with Crippen LogP contribution in [0, 0.1) is 0 Å². The molecular formula is C13H22N4OS. The van der Waals surface area contributed by atoms with Crippen molar-refractivity contribution in [1.29, 1.82) is 0 Å². The van der Waals surface area contributed by atoms with Crippen LogP contribution in [0.15, 0.2) is 6.20 Å². The fourth-order valence-electron chi connectivity index (χ4n) is 2.87. The first-order chi connectivity index (χ1) is 9.24. The molecule has 0 amide bonds. The summed E-state index contributed by atoms with van der Waals surface area (Å²) < 4.78 is 8.05. The lowest BCUT2D eigenvalue weighted by molar-refractivity contribution is -0.0676. The first-order valence-corrected chi connectivity index (χ1v) is 8.13. The molecule has 3 heterocycles. The van der Waals surface area contributed by atoms with Crippen LogP contribution in [0.25, 0.3) is 0 Å². The molecule has 3 rings (SSSR count). The van der Waals surface area contributed by atoms with Crippen LogP contribution in [0.3, 0.4) is 0 Å². The Labute approximate surface area is 118 Å². The number of hydrogen-bond donors (Lipinski definition) is 0. The lowest BCUT2D eigenvalue weighted by Crippen LogP contribution is -2.49. The van der Waals surface area contributed by atoms with E-state index in [1.54, 1.807) is 0 Å². The first kappa shape index (κ1) is 13.4. The summed E-state index contributed by atoms with van der Waals surface area (Å²) in [4.78, 5) is 2.53. The minimum Gasteiger partial charge on any atom is -0.368 e. The molecule has 0 spiro atoms. The summed E-state index contributed by atoms with van der Waals surface area (Å²) in [6.45, 7) is 8.51. The van der Waals surface area contributed by atoms with Crippen molar-refractivity contribution in [2.24, 2.45) is 0 Å². The summed E-state index contributed by atoms with van der Waals surface area (Å²) in [7, 11) is 0. The lowest BCUT2D eigenvalue weighted by atomic mass is 10.0. The Morgan fingerprint density at radius 2 is 2.42 bits per heavy atom. The quantitative estimate of drug-likeness (QED) is 0.838. The van der Waals surface area contributed by atoms with E-state index in [4.69, 9.17) is 4.74 Å². The molecule has 19 heavy (non-hydrogen) atoms. The average Bonchev–Trinajstić information content (AvgIpc) is 2.86. The Morgan fingerprint density at radius 1 is 1.53 bits per heavy atom. The third-order valence-electron chi connectivity index (χ3n) is 3.88. The zero-order valence-corrected chi connectivity index (χ0v) is 12.5. The number of aromatic nitrogens is 3. The van der Waals surface area contributed by atoms with Crippen LogP contribution in [-0.4, -0.2) is 56.6 Å². The van der Waals surface area contributed by atoms with Gasteiger partial charge in [-0.25, -0.2) is 4.68 Å². The van der Waals surface area contributed by atoms with Gasteiger partial charge in [-0.1, -0.05) is 19.1 Å². The maximum absolute atomic E-state index is 5.98. The molecule has 1 aromatic heterocycles. The highest BCUT2D eigenvalue weighted by atomic mass is 32.2. The fraction of sp³-hybridized carbons (Fsp3) is 0.846. The second-order valence-electron chi connectivity index (χ2n) is 5.60. The van der Waals surface area contributed by atoms with E-state index in [9.17, 15) is 0 Å². The van der Waals surface area contributed by atoms with E-state index >= 15 is 0 Å². The molecule has 5 nitrogen and oxygen atoms in total. The van der Waals surface area contributed by atoms with E-state index in [-0.39, 0.29) is 6.10 Å². The largest absolute Gasteiger partial charge is 0.368 e. The van der Waals surface area contributed by atoms with Gasteiger partial charge in [-0.2, -0.15) is 11.8 Å². The predicted molar refractivity (Wildman–Crippen MR) is 76.3 cm³/mol. The predicted octanol–water partition coefficient (Wildman–Crippen LogP) is 1.57. The van der Waals surface area contributed by atoms with E-state index in [1.807, 2.05) is 18.0 Å². The molecule has 1 aromatic rings. The van der Waals surface area contributed by atoms with Crippen LogP contribution in [0.5, 0.6) is 0 Å². The van der Waals surface area contributed by atoms with Gasteiger partial charge in [-0.3, -0.25) is 4.90 Å². The molecule has 2 aliphatic rings. The molecule has 0 N–H and O–H groups in total. The monoisotopic (exact) mass is 282 g/mol. The highest BCUT2D eigenvalue weighted by Crippen LogP contribution is 2.30. The van der Waals surface area contributed by atoms with Crippen molar-refractivity contribution in [3.63, 3.8) is 0 Å². The second kappa shape index (κ2) is 5.81. The lowest BCUT2D eigenvalue weighted by Gasteiger charge is -2.41. The van der Waals surface area contributed by atoms with Crippen molar-refractivity contribution < 1.29 is 4.74 Å². The Hall–Kier alpha value is -0.590. The van der Waals surface area contributed by atoms with Crippen LogP contribution in [-0.2, 0) is 11.3 Å². The third-order valence-corrected chi connectivity index (χ3v) is 4.96. The van der Waals surface area contributed by atoms with Gasteiger partial charge < -0.3 is 4.74 Å². The standard InChI is InChI=1S/C13H22N4OS/c1-10(2)19-6-5-16-4-3-12-13(8-16)18-9-11-7-14-15-17(11)12/h7,10,12-13H,3-6,8-9H2,1-2H3/t12-,13-/m0/s1. The number of likely N-dealkylation sites (tertiary alicyclic amines) is 1. The topological polar surface area (TPSA) is 43.2 Å².